The van der Waals surface area contributed by atoms with Gasteiger partial charge < -0.3 is 4.90 Å². The van der Waals surface area contributed by atoms with Gasteiger partial charge in [0.2, 0.25) is 5.82 Å². The Bertz CT molecular complexity index is 1070. The number of nitrogens with one attached hydrogen (secondary N) is 1. The first-order valence-corrected chi connectivity index (χ1v) is 9.13. The van der Waals surface area contributed by atoms with Crippen LogP contribution in [0.2, 0.25) is 0 Å². The molecule has 4 aromatic rings. The summed E-state index contributed by atoms with van der Waals surface area (Å²) >= 11 is 1.82. The van der Waals surface area contributed by atoms with E-state index in [1.165, 1.54) is 26.7 Å². The summed E-state index contributed by atoms with van der Waals surface area (Å²) in [6, 6.07) is 23.3. The molecule has 2 heterocycles. The molecule has 3 aromatic carbocycles. The van der Waals surface area contributed by atoms with Crippen LogP contribution in [-0.4, -0.2) is 20.6 Å². The van der Waals surface area contributed by atoms with E-state index < -0.39 is 0 Å². The van der Waals surface area contributed by atoms with E-state index >= 15 is 0 Å². The molecule has 1 N–H and O–H groups in total. The molecule has 0 spiro atoms. The van der Waals surface area contributed by atoms with E-state index in [-0.39, 0.29) is 0 Å². The van der Waals surface area contributed by atoms with Crippen molar-refractivity contribution in [3.05, 3.63) is 72.3 Å². The van der Waals surface area contributed by atoms with Gasteiger partial charge in [-0.15, -0.1) is 10.2 Å². The number of aromatic nitrogens is 4. The number of rotatable bonds is 2. The lowest BCUT2D eigenvalue weighted by molar-refractivity contribution is 0.881. The number of hydrogen-bond acceptors (Lipinski definition) is 5. The second-order valence-corrected chi connectivity index (χ2v) is 7.19. The van der Waals surface area contributed by atoms with Gasteiger partial charge in [-0.05, 0) is 60.2 Å². The Kier molecular flexibility index (Phi) is 3.50. The zero-order chi connectivity index (χ0) is 17.5. The van der Waals surface area contributed by atoms with Crippen LogP contribution in [-0.2, 0) is 0 Å². The summed E-state index contributed by atoms with van der Waals surface area (Å²) in [6.07, 6.45) is 0. The lowest BCUT2D eigenvalue weighted by Gasteiger charge is -2.34. The molecule has 0 radical (unpaired) electrons. The quantitative estimate of drug-likeness (QED) is 0.476. The van der Waals surface area contributed by atoms with E-state index in [4.69, 9.17) is 0 Å². The first-order chi connectivity index (χ1) is 12.8. The molecule has 0 unspecified atom stereocenters. The minimum Gasteiger partial charge on any atom is -0.308 e. The maximum Gasteiger partial charge on any atom is 0.204 e. The predicted molar refractivity (Wildman–Crippen MR) is 103 cm³/mol. The standard InChI is InChI=1S/C20H15N5S/c1-13-5-4-8-18-19(13)25(16-6-2-3-7-17(16)26-18)15-11-9-14(10-12-15)20-21-23-24-22-20/h2-12H,1H3,(H,21,22,23,24). The maximum atomic E-state index is 4.05. The molecule has 5 rings (SSSR count). The molecule has 0 saturated carbocycles. The fourth-order valence-corrected chi connectivity index (χ4v) is 4.42. The number of anilines is 3. The molecular formula is C20H15N5S. The highest BCUT2D eigenvalue weighted by Crippen LogP contribution is 2.52. The van der Waals surface area contributed by atoms with E-state index in [9.17, 15) is 0 Å². The molecule has 1 aromatic heterocycles. The molecule has 6 heteroatoms. The summed E-state index contributed by atoms with van der Waals surface area (Å²) in [5, 5.41) is 14.2. The van der Waals surface area contributed by atoms with Gasteiger partial charge in [0.25, 0.3) is 0 Å². The van der Waals surface area contributed by atoms with Gasteiger partial charge in [-0.1, -0.05) is 36.0 Å². The summed E-state index contributed by atoms with van der Waals surface area (Å²) in [4.78, 5) is 4.86. The summed E-state index contributed by atoms with van der Waals surface area (Å²) in [6.45, 7) is 2.16. The number of para-hydroxylation sites is 2. The minimum absolute atomic E-state index is 0.600. The van der Waals surface area contributed by atoms with E-state index in [0.717, 1.165) is 11.3 Å². The third-order valence-electron chi connectivity index (χ3n) is 4.48. The molecule has 1 aliphatic heterocycles. The van der Waals surface area contributed by atoms with Crippen molar-refractivity contribution in [3.8, 4) is 11.4 Å². The number of aryl methyl sites for hydroxylation is 1. The van der Waals surface area contributed by atoms with Crippen molar-refractivity contribution in [1.29, 1.82) is 0 Å². The molecule has 0 amide bonds. The zero-order valence-corrected chi connectivity index (χ0v) is 14.9. The van der Waals surface area contributed by atoms with Gasteiger partial charge in [0.1, 0.15) is 0 Å². The highest BCUT2D eigenvalue weighted by atomic mass is 32.2. The second-order valence-electron chi connectivity index (χ2n) is 6.11. The number of hydrogen-bond donors (Lipinski definition) is 1. The molecule has 0 bridgehead atoms. The van der Waals surface area contributed by atoms with Gasteiger partial charge in [-0.2, -0.15) is 5.21 Å². The van der Waals surface area contributed by atoms with Gasteiger partial charge in [0, 0.05) is 21.0 Å². The summed E-state index contributed by atoms with van der Waals surface area (Å²) in [7, 11) is 0. The van der Waals surface area contributed by atoms with E-state index in [1.807, 2.05) is 23.9 Å². The van der Waals surface area contributed by atoms with E-state index in [0.29, 0.717) is 5.82 Å². The normalized spacial score (nSPS) is 12.6. The molecule has 0 saturated heterocycles. The Labute approximate surface area is 155 Å². The highest BCUT2D eigenvalue weighted by Gasteiger charge is 2.25. The van der Waals surface area contributed by atoms with Crippen LogP contribution in [0.3, 0.4) is 0 Å². The Morgan fingerprint density at radius 3 is 2.50 bits per heavy atom. The van der Waals surface area contributed by atoms with Crippen LogP contribution in [0.4, 0.5) is 17.1 Å². The zero-order valence-electron chi connectivity index (χ0n) is 14.0. The smallest absolute Gasteiger partial charge is 0.204 e. The first kappa shape index (κ1) is 15.2. The number of aromatic amines is 1. The van der Waals surface area contributed by atoms with Gasteiger partial charge in [-0.25, -0.2) is 0 Å². The van der Waals surface area contributed by atoms with Crippen molar-refractivity contribution >= 4 is 28.8 Å². The Morgan fingerprint density at radius 1 is 0.885 bits per heavy atom. The first-order valence-electron chi connectivity index (χ1n) is 8.32. The fraction of sp³-hybridized carbons (Fsp3) is 0.0500. The third kappa shape index (κ3) is 2.38. The average Bonchev–Trinajstić information content (AvgIpc) is 3.21. The number of nitrogens with zero attached hydrogens (tertiary/aromatic N) is 4. The molecule has 1 aliphatic rings. The van der Waals surface area contributed by atoms with Gasteiger partial charge in [-0.3, -0.25) is 0 Å². The largest absolute Gasteiger partial charge is 0.308 e. The fourth-order valence-electron chi connectivity index (χ4n) is 3.28. The van der Waals surface area contributed by atoms with Crippen LogP contribution in [0.25, 0.3) is 11.4 Å². The number of tetrazole rings is 1. The highest BCUT2D eigenvalue weighted by molar-refractivity contribution is 7.99. The van der Waals surface area contributed by atoms with Crippen molar-refractivity contribution < 1.29 is 0 Å². The summed E-state index contributed by atoms with van der Waals surface area (Å²) < 4.78 is 0. The van der Waals surface area contributed by atoms with Crippen molar-refractivity contribution in [3.63, 3.8) is 0 Å². The van der Waals surface area contributed by atoms with Gasteiger partial charge in [0.15, 0.2) is 0 Å². The van der Waals surface area contributed by atoms with Gasteiger partial charge in [0.05, 0.1) is 11.4 Å². The van der Waals surface area contributed by atoms with Crippen LogP contribution in [0, 0.1) is 6.92 Å². The molecular weight excluding hydrogens is 342 g/mol. The maximum absolute atomic E-state index is 4.05. The molecule has 126 valence electrons. The van der Waals surface area contributed by atoms with Crippen molar-refractivity contribution in [2.75, 3.05) is 4.90 Å². The van der Waals surface area contributed by atoms with Gasteiger partial charge >= 0.3 is 0 Å². The average molecular weight is 357 g/mol. The molecule has 26 heavy (non-hydrogen) atoms. The van der Waals surface area contributed by atoms with Crippen LogP contribution < -0.4 is 4.90 Å². The number of H-pyrrole nitrogens is 1. The van der Waals surface area contributed by atoms with Crippen molar-refractivity contribution in [2.24, 2.45) is 0 Å². The van der Waals surface area contributed by atoms with Crippen LogP contribution >= 0.6 is 11.8 Å². The molecule has 5 nitrogen and oxygen atoms in total. The van der Waals surface area contributed by atoms with Crippen LogP contribution in [0.15, 0.2) is 76.5 Å². The van der Waals surface area contributed by atoms with Crippen molar-refractivity contribution in [1.82, 2.24) is 20.6 Å². The second kappa shape index (κ2) is 6.00. The lowest BCUT2D eigenvalue weighted by Crippen LogP contribution is -2.15. The molecule has 0 aliphatic carbocycles. The Hall–Kier alpha value is -3.12. The van der Waals surface area contributed by atoms with E-state index in [1.54, 1.807) is 0 Å². The Balaban J connectivity index is 1.67. The monoisotopic (exact) mass is 357 g/mol. The number of fused-ring (bicyclic) bond motifs is 2. The third-order valence-corrected chi connectivity index (χ3v) is 5.59. The van der Waals surface area contributed by atoms with Crippen molar-refractivity contribution in [2.45, 2.75) is 16.7 Å². The minimum atomic E-state index is 0.600. The summed E-state index contributed by atoms with van der Waals surface area (Å²) in [5.41, 5.74) is 5.74. The summed E-state index contributed by atoms with van der Waals surface area (Å²) in [5.74, 6) is 0.600. The predicted octanol–water partition coefficient (Wildman–Crippen LogP) is 5.11. The lowest BCUT2D eigenvalue weighted by atomic mass is 10.1. The van der Waals surface area contributed by atoms with Crippen LogP contribution in [0.1, 0.15) is 5.56 Å². The van der Waals surface area contributed by atoms with E-state index in [2.05, 4.69) is 87.0 Å². The van der Waals surface area contributed by atoms with Crippen LogP contribution in [0.5, 0.6) is 0 Å². The molecule has 0 fully saturated rings. The topological polar surface area (TPSA) is 57.7 Å². The Morgan fingerprint density at radius 2 is 1.69 bits per heavy atom. The number of benzene rings is 3. The SMILES string of the molecule is Cc1cccc2c1N(c1ccc(-c3nn[nH]n3)cc1)c1ccccc1S2. The molecule has 0 atom stereocenters.